The van der Waals surface area contributed by atoms with Gasteiger partial charge in [0.15, 0.2) is 0 Å². The van der Waals surface area contributed by atoms with E-state index in [1.54, 1.807) is 7.11 Å². The fraction of sp³-hybridized carbons (Fsp3) is 0.294. The predicted molar refractivity (Wildman–Crippen MR) is 82.4 cm³/mol. The van der Waals surface area contributed by atoms with E-state index in [0.29, 0.717) is 6.04 Å². The quantitative estimate of drug-likeness (QED) is 0.926. The second-order valence-corrected chi connectivity index (χ2v) is 5.03. The maximum Gasteiger partial charge on any atom is 0.120 e. The summed E-state index contributed by atoms with van der Waals surface area (Å²) in [6, 6.07) is 19.4. The summed E-state index contributed by atoms with van der Waals surface area (Å²) in [6.45, 7) is 2.99. The Morgan fingerprint density at radius 2 is 1.95 bits per heavy atom. The van der Waals surface area contributed by atoms with Crippen LogP contribution in [0.25, 0.3) is 0 Å². The van der Waals surface area contributed by atoms with E-state index in [1.165, 1.54) is 11.3 Å². The summed E-state index contributed by atoms with van der Waals surface area (Å²) in [5.74, 6) is 0.910. The average Bonchev–Trinajstić information content (AvgIpc) is 2.56. The second-order valence-electron chi connectivity index (χ2n) is 5.03. The highest BCUT2D eigenvalue weighted by molar-refractivity contribution is 5.53. The van der Waals surface area contributed by atoms with Crippen molar-refractivity contribution in [2.75, 3.05) is 31.6 Å². The molecule has 1 unspecified atom stereocenters. The van der Waals surface area contributed by atoms with Gasteiger partial charge in [-0.15, -0.1) is 0 Å². The van der Waals surface area contributed by atoms with E-state index in [-0.39, 0.29) is 0 Å². The van der Waals surface area contributed by atoms with Crippen LogP contribution in [-0.2, 0) is 0 Å². The molecule has 104 valence electrons. The molecule has 1 fully saturated rings. The van der Waals surface area contributed by atoms with Crippen molar-refractivity contribution in [3.63, 3.8) is 0 Å². The highest BCUT2D eigenvalue weighted by Gasteiger charge is 2.23. The molecule has 0 amide bonds. The maximum absolute atomic E-state index is 5.34. The largest absolute Gasteiger partial charge is 0.497 e. The van der Waals surface area contributed by atoms with Crippen LogP contribution in [-0.4, -0.2) is 26.7 Å². The van der Waals surface area contributed by atoms with E-state index in [9.17, 15) is 0 Å². The minimum Gasteiger partial charge on any atom is -0.497 e. The summed E-state index contributed by atoms with van der Waals surface area (Å²) >= 11 is 0. The van der Waals surface area contributed by atoms with E-state index < -0.39 is 0 Å². The van der Waals surface area contributed by atoms with Crippen molar-refractivity contribution in [1.29, 1.82) is 0 Å². The maximum atomic E-state index is 5.34. The topological polar surface area (TPSA) is 24.5 Å². The monoisotopic (exact) mass is 268 g/mol. The van der Waals surface area contributed by atoms with Gasteiger partial charge in [-0.3, -0.25) is 0 Å². The second kappa shape index (κ2) is 5.97. The Hall–Kier alpha value is -2.00. The van der Waals surface area contributed by atoms with Crippen LogP contribution in [0.5, 0.6) is 5.75 Å². The lowest BCUT2D eigenvalue weighted by Crippen LogP contribution is -2.46. The van der Waals surface area contributed by atoms with Crippen LogP contribution in [0, 0.1) is 0 Å². The molecule has 1 aliphatic heterocycles. The molecule has 3 nitrogen and oxygen atoms in total. The van der Waals surface area contributed by atoms with E-state index in [4.69, 9.17) is 4.74 Å². The number of hydrogen-bond acceptors (Lipinski definition) is 3. The molecule has 1 atom stereocenters. The fourth-order valence-electron chi connectivity index (χ4n) is 2.78. The Kier molecular flexibility index (Phi) is 3.88. The molecule has 0 spiro atoms. The van der Waals surface area contributed by atoms with Gasteiger partial charge in [-0.05, 0) is 17.7 Å². The normalized spacial score (nSPS) is 18.9. The summed E-state index contributed by atoms with van der Waals surface area (Å²) in [5, 5.41) is 3.49. The van der Waals surface area contributed by atoms with Crippen LogP contribution in [0.3, 0.4) is 0 Å². The van der Waals surface area contributed by atoms with Gasteiger partial charge >= 0.3 is 0 Å². The van der Waals surface area contributed by atoms with E-state index in [1.807, 2.05) is 6.07 Å². The van der Waals surface area contributed by atoms with E-state index >= 15 is 0 Å². The number of benzene rings is 2. The molecule has 3 heteroatoms. The smallest absolute Gasteiger partial charge is 0.120 e. The fourth-order valence-corrected chi connectivity index (χ4v) is 2.78. The summed E-state index contributed by atoms with van der Waals surface area (Å²) in [4.78, 5) is 2.45. The van der Waals surface area contributed by atoms with Crippen LogP contribution < -0.4 is 15.0 Å². The first-order valence-electron chi connectivity index (χ1n) is 7.05. The van der Waals surface area contributed by atoms with Crippen molar-refractivity contribution in [2.45, 2.75) is 6.04 Å². The Morgan fingerprint density at radius 3 is 2.75 bits per heavy atom. The molecule has 0 aromatic heterocycles. The number of methoxy groups -OCH3 is 1. The molecule has 0 radical (unpaired) electrons. The van der Waals surface area contributed by atoms with Crippen LogP contribution in [0.2, 0.25) is 0 Å². The molecule has 0 bridgehead atoms. The predicted octanol–water partition coefficient (Wildman–Crippen LogP) is 2.85. The van der Waals surface area contributed by atoms with Gasteiger partial charge in [-0.2, -0.15) is 0 Å². The summed E-state index contributed by atoms with van der Waals surface area (Å²) in [6.07, 6.45) is 0. The lowest BCUT2D eigenvalue weighted by molar-refractivity contribution is 0.414. The van der Waals surface area contributed by atoms with Crippen molar-refractivity contribution in [3.8, 4) is 5.75 Å². The van der Waals surface area contributed by atoms with Crippen LogP contribution in [0.15, 0.2) is 54.6 Å². The third-order valence-electron chi connectivity index (χ3n) is 3.81. The molecule has 0 saturated carbocycles. The standard InChI is InChI=1S/C17H20N2O/c1-20-16-9-5-8-15(12-16)19-11-10-18-13-17(19)14-6-3-2-4-7-14/h2-9,12,17-18H,10-11,13H2,1H3. The third-order valence-corrected chi connectivity index (χ3v) is 3.81. The zero-order valence-electron chi connectivity index (χ0n) is 11.8. The van der Waals surface area contributed by atoms with Gasteiger partial charge in [0, 0.05) is 31.4 Å². The lowest BCUT2D eigenvalue weighted by atomic mass is 10.0. The first-order valence-corrected chi connectivity index (χ1v) is 7.05. The molecule has 2 aromatic rings. The first-order chi connectivity index (χ1) is 9.88. The Balaban J connectivity index is 1.92. The molecule has 1 heterocycles. The third kappa shape index (κ3) is 2.63. The Labute approximate surface area is 120 Å². The first kappa shape index (κ1) is 13.0. The molecular weight excluding hydrogens is 248 g/mol. The number of rotatable bonds is 3. The number of ether oxygens (including phenoxy) is 1. The highest BCUT2D eigenvalue weighted by Crippen LogP contribution is 2.30. The molecule has 20 heavy (non-hydrogen) atoms. The number of nitrogens with zero attached hydrogens (tertiary/aromatic N) is 1. The minimum absolute atomic E-state index is 0.372. The zero-order chi connectivity index (χ0) is 13.8. The van der Waals surface area contributed by atoms with Gasteiger partial charge in [0.05, 0.1) is 13.2 Å². The lowest BCUT2D eigenvalue weighted by Gasteiger charge is -2.38. The number of hydrogen-bond donors (Lipinski definition) is 1. The SMILES string of the molecule is COc1cccc(N2CCNCC2c2ccccc2)c1. The molecule has 1 N–H and O–H groups in total. The zero-order valence-corrected chi connectivity index (χ0v) is 11.8. The number of anilines is 1. The van der Waals surface area contributed by atoms with Crippen LogP contribution >= 0.6 is 0 Å². The summed E-state index contributed by atoms with van der Waals surface area (Å²) in [7, 11) is 1.71. The molecular formula is C17H20N2O. The molecule has 0 aliphatic carbocycles. The van der Waals surface area contributed by atoms with Gasteiger partial charge in [0.2, 0.25) is 0 Å². The van der Waals surface area contributed by atoms with Gasteiger partial charge in [-0.25, -0.2) is 0 Å². The van der Waals surface area contributed by atoms with Gasteiger partial charge in [0.25, 0.3) is 0 Å². The average molecular weight is 268 g/mol. The van der Waals surface area contributed by atoms with Gasteiger partial charge in [0.1, 0.15) is 5.75 Å². The van der Waals surface area contributed by atoms with Crippen molar-refractivity contribution in [2.24, 2.45) is 0 Å². The number of piperazine rings is 1. The molecule has 1 aliphatic rings. The molecule has 3 rings (SSSR count). The van der Waals surface area contributed by atoms with E-state index in [0.717, 1.165) is 25.4 Å². The van der Waals surface area contributed by atoms with Crippen LogP contribution in [0.1, 0.15) is 11.6 Å². The van der Waals surface area contributed by atoms with Crippen molar-refractivity contribution in [3.05, 3.63) is 60.2 Å². The molecule has 2 aromatic carbocycles. The van der Waals surface area contributed by atoms with Gasteiger partial charge < -0.3 is 15.0 Å². The highest BCUT2D eigenvalue weighted by atomic mass is 16.5. The Bertz CT molecular complexity index is 556. The van der Waals surface area contributed by atoms with E-state index in [2.05, 4.69) is 58.7 Å². The molecule has 1 saturated heterocycles. The number of nitrogens with one attached hydrogen (secondary N) is 1. The van der Waals surface area contributed by atoms with Crippen LogP contribution in [0.4, 0.5) is 5.69 Å². The van der Waals surface area contributed by atoms with Crippen molar-refractivity contribution in [1.82, 2.24) is 5.32 Å². The minimum atomic E-state index is 0.372. The van der Waals surface area contributed by atoms with Crippen molar-refractivity contribution >= 4 is 5.69 Å². The summed E-state index contributed by atoms with van der Waals surface area (Å²) < 4.78 is 5.34. The van der Waals surface area contributed by atoms with Crippen molar-refractivity contribution < 1.29 is 4.74 Å². The Morgan fingerprint density at radius 1 is 1.10 bits per heavy atom. The van der Waals surface area contributed by atoms with Gasteiger partial charge in [-0.1, -0.05) is 36.4 Å². The summed E-state index contributed by atoms with van der Waals surface area (Å²) in [5.41, 5.74) is 2.57.